The fraction of sp³-hybridized carbons (Fsp3) is 0.233. The molecule has 0 aliphatic carbocycles. The van der Waals surface area contributed by atoms with E-state index in [2.05, 4.69) is 65.3 Å². The van der Waals surface area contributed by atoms with Gasteiger partial charge in [-0.2, -0.15) is 0 Å². The summed E-state index contributed by atoms with van der Waals surface area (Å²) in [6.45, 7) is 0.788. The molecule has 0 unspecified atom stereocenters. The molecule has 13 heteroatoms. The Morgan fingerprint density at radius 3 is 1.98 bits per heavy atom. The molecule has 0 aliphatic heterocycles. The number of hydrogen-bond donors (Lipinski definition) is 2. The highest BCUT2D eigenvalue weighted by molar-refractivity contribution is 7.15. The van der Waals surface area contributed by atoms with Crippen LogP contribution in [0.2, 0.25) is 0 Å². The molecule has 0 saturated carbocycles. The predicted molar refractivity (Wildman–Crippen MR) is 168 cm³/mol. The highest BCUT2D eigenvalue weighted by Gasteiger charge is 2.11. The van der Waals surface area contributed by atoms with Gasteiger partial charge in [-0.25, -0.2) is 9.97 Å². The predicted octanol–water partition coefficient (Wildman–Crippen LogP) is 5.16. The van der Waals surface area contributed by atoms with E-state index in [0.29, 0.717) is 5.13 Å². The summed E-state index contributed by atoms with van der Waals surface area (Å²) in [7, 11) is 0. The molecule has 11 nitrogen and oxygen atoms in total. The van der Waals surface area contributed by atoms with Crippen molar-refractivity contribution < 1.29 is 4.79 Å². The molecule has 0 aliphatic rings. The van der Waals surface area contributed by atoms with E-state index >= 15 is 0 Å². The molecule has 1 amide bonds. The number of nitrogens with zero attached hydrogens (tertiary/aromatic N) is 8. The summed E-state index contributed by atoms with van der Waals surface area (Å²) < 4.78 is 3.91. The van der Waals surface area contributed by atoms with E-state index in [-0.39, 0.29) is 12.3 Å². The number of unbranched alkanes of at least 4 members (excludes halogenated alkanes) is 1. The molecule has 0 atom stereocenters. The maximum absolute atomic E-state index is 12.6. The van der Waals surface area contributed by atoms with Crippen LogP contribution in [-0.4, -0.2) is 51.9 Å². The molecule has 0 bridgehead atoms. The number of hydrogen-bond acceptors (Lipinski definition) is 10. The number of carbonyl (C=O) groups excluding carboxylic acids is 1. The maximum Gasteiger partial charge on any atom is 0.230 e. The largest absolute Gasteiger partial charge is 0.360 e. The zero-order chi connectivity index (χ0) is 29.3. The van der Waals surface area contributed by atoms with Crippen LogP contribution in [0.4, 0.5) is 10.3 Å². The number of imidazole rings is 2. The summed E-state index contributed by atoms with van der Waals surface area (Å²) in [6.07, 6.45) is 15.6. The van der Waals surface area contributed by atoms with Crippen molar-refractivity contribution in [2.45, 2.75) is 38.5 Å². The van der Waals surface area contributed by atoms with Gasteiger partial charge in [-0.05, 0) is 54.7 Å². The van der Waals surface area contributed by atoms with Crippen LogP contribution in [0, 0.1) is 0 Å². The van der Waals surface area contributed by atoms with E-state index in [4.69, 9.17) is 0 Å². The third-order valence-electron chi connectivity index (χ3n) is 6.69. The zero-order valence-corrected chi connectivity index (χ0v) is 25.0. The van der Waals surface area contributed by atoms with Crippen molar-refractivity contribution in [1.82, 2.24) is 39.5 Å². The van der Waals surface area contributed by atoms with Crippen LogP contribution >= 0.6 is 22.7 Å². The highest BCUT2D eigenvalue weighted by Crippen LogP contribution is 2.21. The third kappa shape index (κ3) is 7.96. The topological polar surface area (TPSA) is 128 Å². The molecule has 2 N–H and O–H groups in total. The van der Waals surface area contributed by atoms with Gasteiger partial charge in [0.25, 0.3) is 0 Å². The molecule has 218 valence electrons. The lowest BCUT2D eigenvalue weighted by Gasteiger charge is -2.06. The smallest absolute Gasteiger partial charge is 0.230 e. The molecule has 0 saturated heterocycles. The van der Waals surface area contributed by atoms with Crippen molar-refractivity contribution in [3.63, 3.8) is 0 Å². The van der Waals surface area contributed by atoms with Gasteiger partial charge in [0.15, 0.2) is 0 Å². The lowest BCUT2D eigenvalue weighted by Crippen LogP contribution is -2.14. The number of anilines is 2. The van der Waals surface area contributed by atoms with Gasteiger partial charge in [-0.1, -0.05) is 46.9 Å². The molecule has 4 heterocycles. The van der Waals surface area contributed by atoms with Gasteiger partial charge in [-0.15, -0.1) is 20.4 Å². The SMILES string of the molecule is O=C(Cc1cccc(-n2ccnc2)c1)Nc1nnc(CCCCc2nnc(NCCc3cccc(-n4ccnc4)c3)s2)s1. The van der Waals surface area contributed by atoms with Crippen molar-refractivity contribution in [2.75, 3.05) is 17.2 Å². The van der Waals surface area contributed by atoms with Crippen LogP contribution < -0.4 is 10.6 Å². The van der Waals surface area contributed by atoms with Gasteiger partial charge in [-0.3, -0.25) is 4.79 Å². The summed E-state index contributed by atoms with van der Waals surface area (Å²) in [5, 5.41) is 26.6. The van der Waals surface area contributed by atoms with Crippen molar-refractivity contribution >= 4 is 38.8 Å². The minimum absolute atomic E-state index is 0.117. The Labute approximate surface area is 256 Å². The monoisotopic (exact) mass is 610 g/mol. The number of benzene rings is 2. The molecule has 0 spiro atoms. The lowest BCUT2D eigenvalue weighted by molar-refractivity contribution is -0.115. The minimum atomic E-state index is -0.117. The number of carbonyl (C=O) groups is 1. The Morgan fingerprint density at radius 1 is 0.721 bits per heavy atom. The van der Waals surface area contributed by atoms with E-state index in [1.165, 1.54) is 16.9 Å². The average molecular weight is 611 g/mol. The fourth-order valence-corrected chi connectivity index (χ4v) is 6.17. The third-order valence-corrected chi connectivity index (χ3v) is 8.53. The first-order valence-corrected chi connectivity index (χ1v) is 15.6. The molecule has 0 radical (unpaired) electrons. The van der Waals surface area contributed by atoms with Gasteiger partial charge in [0.2, 0.25) is 16.2 Å². The van der Waals surface area contributed by atoms with Crippen molar-refractivity contribution in [1.29, 1.82) is 0 Å². The zero-order valence-electron chi connectivity index (χ0n) is 23.3. The Balaban J connectivity index is 0.890. The van der Waals surface area contributed by atoms with Crippen LogP contribution in [0.15, 0.2) is 86.0 Å². The Hall–Kier alpha value is -4.75. The van der Waals surface area contributed by atoms with E-state index < -0.39 is 0 Å². The quantitative estimate of drug-likeness (QED) is 0.162. The summed E-state index contributed by atoms with van der Waals surface area (Å²) in [5.74, 6) is -0.117. The Morgan fingerprint density at radius 2 is 1.33 bits per heavy atom. The molecule has 0 fully saturated rings. The minimum Gasteiger partial charge on any atom is -0.360 e. The fourth-order valence-electron chi connectivity index (χ4n) is 4.57. The number of aromatic nitrogens is 8. The van der Waals surface area contributed by atoms with Gasteiger partial charge in [0.05, 0.1) is 19.1 Å². The Kier molecular flexibility index (Phi) is 9.20. The standard InChI is InChI=1S/C30H30N10OS2/c41-26(19-23-6-4-8-25(18-23)40-16-14-32-21-40)34-30-38-36-28(43-30)10-2-1-9-27-35-37-29(42-27)33-12-11-22-5-3-7-24(17-22)39-15-13-31-20-39/h3-8,13-18,20-21H,1-2,9-12,19H2,(H,33,37)(H,34,38,41). The first kappa shape index (κ1) is 28.4. The molecule has 4 aromatic heterocycles. The van der Waals surface area contributed by atoms with Gasteiger partial charge < -0.3 is 19.8 Å². The van der Waals surface area contributed by atoms with Gasteiger partial charge in [0.1, 0.15) is 10.0 Å². The van der Waals surface area contributed by atoms with Crippen molar-refractivity contribution in [3.8, 4) is 11.4 Å². The van der Waals surface area contributed by atoms with Crippen LogP contribution in [0.5, 0.6) is 0 Å². The number of amides is 1. The summed E-state index contributed by atoms with van der Waals surface area (Å²) in [5.41, 5.74) is 4.23. The second-order valence-electron chi connectivity index (χ2n) is 9.89. The first-order chi connectivity index (χ1) is 21.2. The van der Waals surface area contributed by atoms with Crippen LogP contribution in [0.25, 0.3) is 11.4 Å². The molecular formula is C30H30N10OS2. The normalized spacial score (nSPS) is 11.1. The summed E-state index contributed by atoms with van der Waals surface area (Å²) >= 11 is 3.03. The van der Waals surface area contributed by atoms with E-state index in [1.54, 1.807) is 36.4 Å². The Bertz CT molecular complexity index is 1740. The number of nitrogens with one attached hydrogen (secondary N) is 2. The average Bonchev–Trinajstić information content (AvgIpc) is 3.85. The molecular weight excluding hydrogens is 581 g/mol. The van der Waals surface area contributed by atoms with Crippen LogP contribution in [0.1, 0.15) is 34.0 Å². The second kappa shape index (κ2) is 13.9. The summed E-state index contributed by atoms with van der Waals surface area (Å²) in [4.78, 5) is 20.8. The van der Waals surface area contributed by atoms with Crippen LogP contribution in [0.3, 0.4) is 0 Å². The highest BCUT2D eigenvalue weighted by atomic mass is 32.1. The maximum atomic E-state index is 12.6. The second-order valence-corrected chi connectivity index (χ2v) is 12.0. The van der Waals surface area contributed by atoms with Gasteiger partial charge in [0, 0.05) is 55.5 Å². The summed E-state index contributed by atoms with van der Waals surface area (Å²) in [6, 6.07) is 16.3. The lowest BCUT2D eigenvalue weighted by atomic mass is 10.1. The van der Waals surface area contributed by atoms with Crippen molar-refractivity contribution in [3.05, 3.63) is 107 Å². The first-order valence-electron chi connectivity index (χ1n) is 14.0. The molecule has 43 heavy (non-hydrogen) atoms. The number of rotatable bonds is 14. The molecule has 2 aromatic carbocycles. The molecule has 6 rings (SSSR count). The van der Waals surface area contributed by atoms with Crippen LogP contribution in [-0.2, 0) is 30.5 Å². The molecule has 6 aromatic rings. The van der Waals surface area contributed by atoms with E-state index in [0.717, 1.165) is 70.7 Å². The number of aryl methyl sites for hydroxylation is 2. The van der Waals surface area contributed by atoms with E-state index in [1.807, 2.05) is 45.8 Å². The van der Waals surface area contributed by atoms with E-state index in [9.17, 15) is 4.79 Å². The van der Waals surface area contributed by atoms with Gasteiger partial charge >= 0.3 is 0 Å². The van der Waals surface area contributed by atoms with Crippen molar-refractivity contribution in [2.24, 2.45) is 0 Å².